The van der Waals surface area contributed by atoms with E-state index in [-0.39, 0.29) is 12.8 Å². The van der Waals surface area contributed by atoms with Crippen LogP contribution >= 0.6 is 0 Å². The van der Waals surface area contributed by atoms with Gasteiger partial charge in [0.1, 0.15) is 0 Å². The first-order valence-corrected chi connectivity index (χ1v) is 5.59. The van der Waals surface area contributed by atoms with E-state index in [1.807, 2.05) is 30.3 Å². The first-order valence-electron chi connectivity index (χ1n) is 5.59. The monoisotopic (exact) mass is 235 g/mol. The molecule has 0 saturated heterocycles. The first kappa shape index (κ1) is 13.5. The predicted molar refractivity (Wildman–Crippen MR) is 67.9 cm³/mol. The predicted octanol–water partition coefficient (Wildman–Crippen LogP) is 3.29. The molecule has 0 saturated carbocycles. The average molecular weight is 235 g/mol. The molecule has 1 atom stereocenters. The maximum absolute atomic E-state index is 9.34. The van der Waals surface area contributed by atoms with E-state index in [0.29, 0.717) is 0 Å². The lowest BCUT2D eigenvalue weighted by Crippen LogP contribution is -2.25. The Bertz CT molecular complexity index is 512. The van der Waals surface area contributed by atoms with Crippen LogP contribution in [0.4, 0.5) is 0 Å². The molecule has 0 N–H and O–H groups in total. The number of hydrogen-bond acceptors (Lipinski definition) is 3. The van der Waals surface area contributed by atoms with Gasteiger partial charge >= 0.3 is 0 Å². The molecule has 1 aromatic carbocycles. The molecule has 0 fully saturated rings. The van der Waals surface area contributed by atoms with Crippen LogP contribution in [-0.4, -0.2) is 0 Å². The van der Waals surface area contributed by atoms with Gasteiger partial charge in [0, 0.05) is 12.3 Å². The quantitative estimate of drug-likeness (QED) is 0.735. The van der Waals surface area contributed by atoms with Crippen LogP contribution in [0.15, 0.2) is 43.0 Å². The van der Waals surface area contributed by atoms with Gasteiger partial charge in [-0.2, -0.15) is 15.8 Å². The summed E-state index contributed by atoms with van der Waals surface area (Å²) in [5.41, 5.74) is -0.386. The summed E-state index contributed by atoms with van der Waals surface area (Å²) in [6, 6.07) is 15.4. The van der Waals surface area contributed by atoms with Crippen molar-refractivity contribution in [2.45, 2.75) is 18.8 Å². The van der Waals surface area contributed by atoms with Gasteiger partial charge in [0.25, 0.3) is 0 Å². The van der Waals surface area contributed by atoms with Crippen LogP contribution in [0, 0.1) is 39.4 Å². The lowest BCUT2D eigenvalue weighted by Gasteiger charge is -2.26. The fraction of sp³-hybridized carbons (Fsp3) is 0.267. The molecule has 1 rings (SSSR count). The topological polar surface area (TPSA) is 71.4 Å². The van der Waals surface area contributed by atoms with Crippen LogP contribution in [0.5, 0.6) is 0 Å². The molecule has 0 aliphatic rings. The Kier molecular flexibility index (Phi) is 4.67. The molecule has 0 spiro atoms. The molecular weight excluding hydrogens is 222 g/mol. The van der Waals surface area contributed by atoms with Gasteiger partial charge in [0.05, 0.1) is 18.2 Å². The summed E-state index contributed by atoms with van der Waals surface area (Å²) < 4.78 is 0. The van der Waals surface area contributed by atoms with Gasteiger partial charge in [0.15, 0.2) is 5.41 Å². The Morgan fingerprint density at radius 3 is 2.22 bits per heavy atom. The molecule has 18 heavy (non-hydrogen) atoms. The number of benzene rings is 1. The number of nitrogens with zero attached hydrogens (tertiary/aromatic N) is 3. The Morgan fingerprint density at radius 2 is 1.78 bits per heavy atom. The van der Waals surface area contributed by atoms with Gasteiger partial charge in [-0.25, -0.2) is 0 Å². The maximum atomic E-state index is 9.34. The minimum atomic E-state index is -1.22. The molecule has 0 radical (unpaired) electrons. The van der Waals surface area contributed by atoms with E-state index in [4.69, 9.17) is 5.26 Å². The van der Waals surface area contributed by atoms with Gasteiger partial charge in [-0.3, -0.25) is 0 Å². The third-order valence-electron chi connectivity index (χ3n) is 2.96. The normalized spacial score (nSPS) is 11.6. The number of nitriles is 3. The third-order valence-corrected chi connectivity index (χ3v) is 2.96. The van der Waals surface area contributed by atoms with Crippen molar-refractivity contribution in [3.63, 3.8) is 0 Å². The zero-order chi connectivity index (χ0) is 13.4. The molecule has 3 nitrogen and oxygen atoms in total. The van der Waals surface area contributed by atoms with Gasteiger partial charge in [0.2, 0.25) is 0 Å². The van der Waals surface area contributed by atoms with E-state index in [1.165, 1.54) is 0 Å². The fourth-order valence-electron chi connectivity index (χ4n) is 2.00. The van der Waals surface area contributed by atoms with Crippen LogP contribution in [0.1, 0.15) is 24.3 Å². The van der Waals surface area contributed by atoms with Crippen molar-refractivity contribution >= 4 is 0 Å². The summed E-state index contributed by atoms with van der Waals surface area (Å²) in [7, 11) is 0. The highest BCUT2D eigenvalue weighted by Crippen LogP contribution is 2.40. The summed E-state index contributed by atoms with van der Waals surface area (Å²) in [6.07, 6.45) is 1.94. The zero-order valence-corrected chi connectivity index (χ0v) is 10.0. The van der Waals surface area contributed by atoms with Gasteiger partial charge in [-0.1, -0.05) is 36.4 Å². The minimum Gasteiger partial charge on any atom is -0.198 e. The maximum Gasteiger partial charge on any atom is 0.155 e. The van der Waals surface area contributed by atoms with E-state index < -0.39 is 11.3 Å². The molecule has 0 aromatic heterocycles. The highest BCUT2D eigenvalue weighted by molar-refractivity contribution is 5.32. The minimum absolute atomic E-state index is 0.138. The SMILES string of the molecule is C=CCC(C#N)(C#N)C(CC#N)c1ccccc1. The van der Waals surface area contributed by atoms with Crippen molar-refractivity contribution in [2.24, 2.45) is 5.41 Å². The van der Waals surface area contributed by atoms with Crippen molar-refractivity contribution < 1.29 is 0 Å². The Balaban J connectivity index is 3.28. The van der Waals surface area contributed by atoms with E-state index in [2.05, 4.69) is 24.8 Å². The standard InChI is InChI=1S/C15H13N3/c1-2-9-15(11-17,12-18)14(8-10-16)13-6-4-3-5-7-13/h2-7,14H,1,8-9H2. The molecule has 1 unspecified atom stereocenters. The van der Waals surface area contributed by atoms with Gasteiger partial charge in [-0.05, 0) is 12.0 Å². The smallest absolute Gasteiger partial charge is 0.155 e. The summed E-state index contributed by atoms with van der Waals surface area (Å²) in [4.78, 5) is 0. The van der Waals surface area contributed by atoms with Crippen LogP contribution < -0.4 is 0 Å². The lowest BCUT2D eigenvalue weighted by atomic mass is 9.70. The van der Waals surface area contributed by atoms with Crippen LogP contribution in [-0.2, 0) is 0 Å². The number of rotatable bonds is 5. The van der Waals surface area contributed by atoms with Crippen molar-refractivity contribution in [1.82, 2.24) is 0 Å². The Labute approximate surface area is 107 Å². The van der Waals surface area contributed by atoms with E-state index in [9.17, 15) is 10.5 Å². The first-order chi connectivity index (χ1) is 8.74. The molecule has 0 heterocycles. The fourth-order valence-corrected chi connectivity index (χ4v) is 2.00. The molecular formula is C15H13N3. The van der Waals surface area contributed by atoms with Crippen molar-refractivity contribution in [1.29, 1.82) is 15.8 Å². The number of allylic oxidation sites excluding steroid dienone is 1. The summed E-state index contributed by atoms with van der Waals surface area (Å²) in [6.45, 7) is 3.59. The van der Waals surface area contributed by atoms with E-state index >= 15 is 0 Å². The largest absolute Gasteiger partial charge is 0.198 e. The Morgan fingerprint density at radius 1 is 1.17 bits per heavy atom. The molecule has 1 aromatic rings. The molecule has 0 aliphatic heterocycles. The van der Waals surface area contributed by atoms with Crippen molar-refractivity contribution in [3.8, 4) is 18.2 Å². The van der Waals surface area contributed by atoms with Crippen molar-refractivity contribution in [3.05, 3.63) is 48.6 Å². The second-order valence-corrected chi connectivity index (χ2v) is 4.01. The third kappa shape index (κ3) is 2.57. The second kappa shape index (κ2) is 6.24. The average Bonchev–Trinajstić information content (AvgIpc) is 2.44. The molecule has 0 aliphatic carbocycles. The molecule has 88 valence electrons. The number of hydrogen-bond donors (Lipinski definition) is 0. The summed E-state index contributed by atoms with van der Waals surface area (Å²) in [5.74, 6) is -0.420. The van der Waals surface area contributed by atoms with E-state index in [0.717, 1.165) is 5.56 Å². The molecule has 0 amide bonds. The molecule has 0 bridgehead atoms. The van der Waals surface area contributed by atoms with Crippen LogP contribution in [0.2, 0.25) is 0 Å². The second-order valence-electron chi connectivity index (χ2n) is 4.01. The van der Waals surface area contributed by atoms with Crippen molar-refractivity contribution in [2.75, 3.05) is 0 Å². The summed E-state index contributed by atoms with van der Waals surface area (Å²) in [5, 5.41) is 27.6. The van der Waals surface area contributed by atoms with E-state index in [1.54, 1.807) is 6.08 Å². The molecule has 3 heteroatoms. The Hall–Kier alpha value is -2.57. The highest BCUT2D eigenvalue weighted by atomic mass is 14.5. The lowest BCUT2D eigenvalue weighted by molar-refractivity contribution is 0.418. The van der Waals surface area contributed by atoms with Gasteiger partial charge < -0.3 is 0 Å². The highest BCUT2D eigenvalue weighted by Gasteiger charge is 2.39. The summed E-state index contributed by atoms with van der Waals surface area (Å²) >= 11 is 0. The van der Waals surface area contributed by atoms with Gasteiger partial charge in [-0.15, -0.1) is 6.58 Å². The zero-order valence-electron chi connectivity index (χ0n) is 10.0. The van der Waals surface area contributed by atoms with Crippen LogP contribution in [0.3, 0.4) is 0 Å². The van der Waals surface area contributed by atoms with Crippen LogP contribution in [0.25, 0.3) is 0 Å².